The van der Waals surface area contributed by atoms with Gasteiger partial charge in [0.25, 0.3) is 11.6 Å². The summed E-state index contributed by atoms with van der Waals surface area (Å²) < 4.78 is 10.7. The van der Waals surface area contributed by atoms with Crippen molar-refractivity contribution < 1.29 is 19.2 Å². The Morgan fingerprint density at radius 3 is 2.18 bits per heavy atom. The van der Waals surface area contributed by atoms with Crippen LogP contribution in [0.2, 0.25) is 5.02 Å². The minimum atomic E-state index is -0.479. The average molecular weight is 406 g/mol. The molecule has 1 fully saturated rings. The molecule has 0 atom stereocenters. The minimum absolute atomic E-state index is 0.0502. The number of piperazine rings is 1. The number of carbonyl (C=O) groups is 1. The zero-order chi connectivity index (χ0) is 20.3. The fourth-order valence-electron chi connectivity index (χ4n) is 3.24. The van der Waals surface area contributed by atoms with Gasteiger partial charge in [-0.05, 0) is 18.2 Å². The van der Waals surface area contributed by atoms with Crippen LogP contribution in [0.15, 0.2) is 36.4 Å². The lowest BCUT2D eigenvalue weighted by Gasteiger charge is -2.36. The van der Waals surface area contributed by atoms with Gasteiger partial charge in [0.15, 0.2) is 0 Å². The first-order chi connectivity index (χ1) is 13.5. The number of halogens is 1. The molecule has 0 unspecified atom stereocenters. The van der Waals surface area contributed by atoms with Crippen molar-refractivity contribution in [2.75, 3.05) is 45.3 Å². The minimum Gasteiger partial charge on any atom is -0.496 e. The summed E-state index contributed by atoms with van der Waals surface area (Å²) in [4.78, 5) is 27.2. The van der Waals surface area contributed by atoms with Crippen molar-refractivity contribution in [1.29, 1.82) is 0 Å². The molecule has 3 rings (SSSR count). The molecule has 0 spiro atoms. The Bertz CT molecular complexity index is 875. The monoisotopic (exact) mass is 405 g/mol. The van der Waals surface area contributed by atoms with Gasteiger partial charge in [-0.15, -0.1) is 0 Å². The van der Waals surface area contributed by atoms with Gasteiger partial charge >= 0.3 is 0 Å². The standard InChI is InChI=1S/C19H20ClN3O5/c1-27-16-4-3-5-17(28-2)18(16)19(24)22-10-8-21(9-11-22)15-7-6-13(23(25)26)12-14(15)20/h3-7,12H,8-11H2,1-2H3. The number of rotatable bonds is 5. The molecule has 0 aromatic heterocycles. The topological polar surface area (TPSA) is 85.2 Å². The smallest absolute Gasteiger partial charge is 0.271 e. The van der Waals surface area contributed by atoms with Crippen molar-refractivity contribution in [2.24, 2.45) is 0 Å². The maximum absolute atomic E-state index is 13.0. The first-order valence-corrected chi connectivity index (χ1v) is 9.03. The van der Waals surface area contributed by atoms with E-state index in [1.165, 1.54) is 26.4 Å². The number of carbonyl (C=O) groups excluding carboxylic acids is 1. The van der Waals surface area contributed by atoms with Crippen LogP contribution in [0.3, 0.4) is 0 Å². The number of nitro benzene ring substituents is 1. The summed E-state index contributed by atoms with van der Waals surface area (Å²) in [5.74, 6) is 0.763. The van der Waals surface area contributed by atoms with Crippen molar-refractivity contribution in [2.45, 2.75) is 0 Å². The summed E-state index contributed by atoms with van der Waals surface area (Å²) in [6.07, 6.45) is 0. The van der Waals surface area contributed by atoms with Gasteiger partial charge in [0, 0.05) is 38.3 Å². The van der Waals surface area contributed by atoms with E-state index >= 15 is 0 Å². The number of hydrogen-bond donors (Lipinski definition) is 0. The van der Waals surface area contributed by atoms with E-state index in [1.807, 2.05) is 4.90 Å². The molecule has 0 bridgehead atoms. The van der Waals surface area contributed by atoms with E-state index in [2.05, 4.69) is 0 Å². The normalized spacial score (nSPS) is 14.0. The quantitative estimate of drug-likeness (QED) is 0.560. The number of ether oxygens (including phenoxy) is 2. The van der Waals surface area contributed by atoms with Crippen molar-refractivity contribution >= 4 is 28.9 Å². The first kappa shape index (κ1) is 19.8. The predicted octanol–water partition coefficient (Wildman–Crippen LogP) is 3.23. The van der Waals surface area contributed by atoms with E-state index in [1.54, 1.807) is 29.2 Å². The fraction of sp³-hybridized carbons (Fsp3) is 0.316. The summed E-state index contributed by atoms with van der Waals surface area (Å²) in [5.41, 5.74) is 1.06. The lowest BCUT2D eigenvalue weighted by Crippen LogP contribution is -2.49. The summed E-state index contributed by atoms with van der Waals surface area (Å²) >= 11 is 6.22. The maximum atomic E-state index is 13.0. The Balaban J connectivity index is 1.74. The van der Waals surface area contributed by atoms with Crippen LogP contribution >= 0.6 is 11.6 Å². The van der Waals surface area contributed by atoms with E-state index in [0.717, 1.165) is 0 Å². The lowest BCUT2D eigenvalue weighted by molar-refractivity contribution is -0.384. The van der Waals surface area contributed by atoms with Crippen LogP contribution in [0, 0.1) is 10.1 Å². The molecule has 28 heavy (non-hydrogen) atoms. The molecule has 8 nitrogen and oxygen atoms in total. The van der Waals surface area contributed by atoms with Crippen LogP contribution < -0.4 is 14.4 Å². The highest BCUT2D eigenvalue weighted by atomic mass is 35.5. The Morgan fingerprint density at radius 2 is 1.68 bits per heavy atom. The van der Waals surface area contributed by atoms with E-state index in [9.17, 15) is 14.9 Å². The molecule has 2 aromatic rings. The van der Waals surface area contributed by atoms with E-state index in [0.29, 0.717) is 54.0 Å². The number of non-ortho nitro benzene ring substituents is 1. The van der Waals surface area contributed by atoms with Crippen LogP contribution in [-0.2, 0) is 0 Å². The second-order valence-corrected chi connectivity index (χ2v) is 6.62. The van der Waals surface area contributed by atoms with Crippen molar-refractivity contribution in [1.82, 2.24) is 4.90 Å². The largest absolute Gasteiger partial charge is 0.496 e. The summed E-state index contributed by atoms with van der Waals surface area (Å²) in [6.45, 7) is 2.07. The van der Waals surface area contributed by atoms with Gasteiger partial charge in [-0.2, -0.15) is 0 Å². The van der Waals surface area contributed by atoms with Gasteiger partial charge in [-0.25, -0.2) is 0 Å². The van der Waals surface area contributed by atoms with Crippen molar-refractivity contribution in [3.8, 4) is 11.5 Å². The second kappa shape index (κ2) is 8.35. The maximum Gasteiger partial charge on any atom is 0.271 e. The zero-order valence-corrected chi connectivity index (χ0v) is 16.3. The predicted molar refractivity (Wildman–Crippen MR) is 106 cm³/mol. The van der Waals surface area contributed by atoms with Gasteiger partial charge in [-0.1, -0.05) is 17.7 Å². The zero-order valence-electron chi connectivity index (χ0n) is 15.6. The Kier molecular flexibility index (Phi) is 5.89. The molecule has 0 N–H and O–H groups in total. The molecule has 9 heteroatoms. The van der Waals surface area contributed by atoms with Gasteiger partial charge in [0.05, 0.1) is 29.9 Å². The van der Waals surface area contributed by atoms with Crippen LogP contribution in [0.5, 0.6) is 11.5 Å². The van der Waals surface area contributed by atoms with Gasteiger partial charge < -0.3 is 19.3 Å². The van der Waals surface area contributed by atoms with Crippen LogP contribution in [-0.4, -0.2) is 56.1 Å². The van der Waals surface area contributed by atoms with Crippen LogP contribution in [0.1, 0.15) is 10.4 Å². The number of methoxy groups -OCH3 is 2. The molecule has 1 amide bonds. The average Bonchev–Trinajstić information content (AvgIpc) is 2.72. The highest BCUT2D eigenvalue weighted by Gasteiger charge is 2.28. The van der Waals surface area contributed by atoms with E-state index < -0.39 is 4.92 Å². The van der Waals surface area contributed by atoms with Crippen LogP contribution in [0.4, 0.5) is 11.4 Å². The molecule has 1 aliphatic rings. The van der Waals surface area contributed by atoms with Gasteiger partial charge in [0.2, 0.25) is 0 Å². The number of hydrogen-bond acceptors (Lipinski definition) is 6. The summed E-state index contributed by atoms with van der Waals surface area (Å²) in [5, 5.41) is 11.2. The SMILES string of the molecule is COc1cccc(OC)c1C(=O)N1CCN(c2ccc([N+](=O)[O-])cc2Cl)CC1. The molecular formula is C19H20ClN3O5. The second-order valence-electron chi connectivity index (χ2n) is 6.21. The highest BCUT2D eigenvalue weighted by Crippen LogP contribution is 2.32. The molecule has 0 saturated carbocycles. The Labute approximate surface area is 167 Å². The molecule has 1 aliphatic heterocycles. The molecule has 0 aliphatic carbocycles. The van der Waals surface area contributed by atoms with E-state index in [-0.39, 0.29) is 11.6 Å². The lowest BCUT2D eigenvalue weighted by atomic mass is 10.1. The van der Waals surface area contributed by atoms with Crippen molar-refractivity contribution in [3.05, 3.63) is 57.1 Å². The first-order valence-electron chi connectivity index (χ1n) is 8.65. The van der Waals surface area contributed by atoms with Gasteiger partial charge in [0.1, 0.15) is 17.1 Å². The fourth-order valence-corrected chi connectivity index (χ4v) is 3.53. The molecule has 1 heterocycles. The van der Waals surface area contributed by atoms with E-state index in [4.69, 9.17) is 21.1 Å². The number of nitro groups is 1. The molecular weight excluding hydrogens is 386 g/mol. The molecule has 0 radical (unpaired) electrons. The third kappa shape index (κ3) is 3.82. The summed E-state index contributed by atoms with van der Waals surface area (Å²) in [7, 11) is 3.03. The van der Waals surface area contributed by atoms with Gasteiger partial charge in [-0.3, -0.25) is 14.9 Å². The number of nitrogens with zero attached hydrogens (tertiary/aromatic N) is 3. The highest BCUT2D eigenvalue weighted by molar-refractivity contribution is 6.33. The third-order valence-electron chi connectivity index (χ3n) is 4.69. The molecule has 1 saturated heterocycles. The van der Waals surface area contributed by atoms with Crippen molar-refractivity contribution in [3.63, 3.8) is 0 Å². The third-order valence-corrected chi connectivity index (χ3v) is 4.99. The molecule has 2 aromatic carbocycles. The summed E-state index contributed by atoms with van der Waals surface area (Å²) in [6, 6.07) is 9.63. The molecule has 148 valence electrons. The Hall–Kier alpha value is -3.00. The number of amides is 1. The van der Waals surface area contributed by atoms with Crippen LogP contribution in [0.25, 0.3) is 0 Å². The Morgan fingerprint density at radius 1 is 1.07 bits per heavy atom. The number of anilines is 1. The number of benzene rings is 2.